The maximum Gasteiger partial charge on any atom is 0.411 e. The zero-order valence-corrected chi connectivity index (χ0v) is 30.2. The van der Waals surface area contributed by atoms with Crippen molar-refractivity contribution in [1.29, 1.82) is 0 Å². The summed E-state index contributed by atoms with van der Waals surface area (Å²) in [4.78, 5) is 36.7. The summed E-state index contributed by atoms with van der Waals surface area (Å²) < 4.78 is 39.8. The lowest BCUT2D eigenvalue weighted by Crippen LogP contribution is -2.54. The quantitative estimate of drug-likeness (QED) is 0.135. The van der Waals surface area contributed by atoms with Gasteiger partial charge in [0.1, 0.15) is 23.1 Å². The third-order valence-electron chi connectivity index (χ3n) is 8.62. The minimum Gasteiger partial charge on any atom is -0.457 e. The summed E-state index contributed by atoms with van der Waals surface area (Å²) in [5.41, 5.74) is 0.0868. The van der Waals surface area contributed by atoms with E-state index in [0.717, 1.165) is 16.7 Å². The van der Waals surface area contributed by atoms with Crippen LogP contribution in [0.3, 0.4) is 0 Å². The van der Waals surface area contributed by atoms with E-state index in [2.05, 4.69) is 0 Å². The molecule has 1 fully saturated rings. The van der Waals surface area contributed by atoms with E-state index in [9.17, 15) is 18.0 Å². The molecule has 1 aliphatic heterocycles. The van der Waals surface area contributed by atoms with Gasteiger partial charge in [-0.1, -0.05) is 109 Å². The second kappa shape index (κ2) is 15.4. The highest BCUT2D eigenvalue weighted by Gasteiger charge is 2.46. The van der Waals surface area contributed by atoms with Crippen LogP contribution in [0.4, 0.5) is 4.79 Å². The number of carbonyl (C=O) groups excluding carboxylic acids is 2. The molecule has 0 radical (unpaired) electrons. The number of para-hydroxylation sites is 1. The molecule has 52 heavy (non-hydrogen) atoms. The Morgan fingerprint density at radius 2 is 1.13 bits per heavy atom. The van der Waals surface area contributed by atoms with Crippen LogP contribution < -0.4 is 4.74 Å². The van der Waals surface area contributed by atoms with Crippen molar-refractivity contribution in [1.82, 2.24) is 9.96 Å². The van der Waals surface area contributed by atoms with Gasteiger partial charge in [-0.05, 0) is 80.3 Å². The third-order valence-corrected chi connectivity index (χ3v) is 10.4. The van der Waals surface area contributed by atoms with Crippen molar-refractivity contribution in [2.75, 3.05) is 18.8 Å². The third kappa shape index (κ3) is 8.19. The van der Waals surface area contributed by atoms with Crippen molar-refractivity contribution in [3.8, 4) is 11.5 Å². The molecule has 1 saturated heterocycles. The Morgan fingerprint density at radius 1 is 0.673 bits per heavy atom. The van der Waals surface area contributed by atoms with Crippen molar-refractivity contribution in [2.24, 2.45) is 0 Å². The number of rotatable bonds is 10. The molecule has 0 unspecified atom stereocenters. The highest BCUT2D eigenvalue weighted by molar-refractivity contribution is 7.91. The predicted octanol–water partition coefficient (Wildman–Crippen LogP) is 8.01. The van der Waals surface area contributed by atoms with Crippen molar-refractivity contribution in [3.63, 3.8) is 0 Å². The first-order valence-electron chi connectivity index (χ1n) is 17.2. The van der Waals surface area contributed by atoms with Gasteiger partial charge in [-0.2, -0.15) is 0 Å². The van der Waals surface area contributed by atoms with Gasteiger partial charge in [-0.15, -0.1) is 0 Å². The van der Waals surface area contributed by atoms with Crippen molar-refractivity contribution >= 4 is 21.8 Å². The van der Waals surface area contributed by atoms with E-state index in [1.54, 1.807) is 45.0 Å². The van der Waals surface area contributed by atoms with Crippen LogP contribution in [0.5, 0.6) is 11.5 Å². The molecule has 1 heterocycles. The number of hydroxylamine groups is 2. The second-order valence-electron chi connectivity index (χ2n) is 13.5. The van der Waals surface area contributed by atoms with Crippen molar-refractivity contribution in [3.05, 3.63) is 162 Å². The standard InChI is InChI=1S/C42H42N2O7S/c1-41(2,3)50-40(46)43-29-16-30-44(39(45)38(43)31-52(47,48)37-27-25-36(26-28-37)49-35-23-14-7-15-24-35)51-42(32-17-8-4-9-18-32,33-19-10-5-11-20-33)34-21-12-6-13-22-34/h4-15,17-28,38H,16,29-31H2,1-3H3/t38-/m0/s1. The van der Waals surface area contributed by atoms with Crippen LogP contribution in [-0.4, -0.2) is 60.9 Å². The molecule has 268 valence electrons. The zero-order chi connectivity index (χ0) is 36.8. The normalized spacial score (nSPS) is 15.5. The van der Waals surface area contributed by atoms with Crippen LogP contribution in [-0.2, 0) is 29.8 Å². The highest BCUT2D eigenvalue weighted by atomic mass is 32.2. The number of hydrogen-bond acceptors (Lipinski definition) is 7. The monoisotopic (exact) mass is 718 g/mol. The summed E-state index contributed by atoms with van der Waals surface area (Å²) in [6.07, 6.45) is -0.475. The summed E-state index contributed by atoms with van der Waals surface area (Å²) in [6.45, 7) is 5.32. The van der Waals surface area contributed by atoms with Gasteiger partial charge in [-0.3, -0.25) is 9.69 Å². The summed E-state index contributed by atoms with van der Waals surface area (Å²) in [7, 11) is -4.14. The van der Waals surface area contributed by atoms with E-state index < -0.39 is 44.8 Å². The van der Waals surface area contributed by atoms with Crippen LogP contribution in [0, 0.1) is 0 Å². The molecule has 10 heteroatoms. The lowest BCUT2D eigenvalue weighted by Gasteiger charge is -2.40. The number of amides is 2. The molecule has 0 bridgehead atoms. The van der Waals surface area contributed by atoms with Crippen molar-refractivity contribution in [2.45, 2.75) is 49.3 Å². The number of hydrogen-bond donors (Lipinski definition) is 0. The maximum absolute atomic E-state index is 14.8. The lowest BCUT2D eigenvalue weighted by atomic mass is 9.80. The van der Waals surface area contributed by atoms with Gasteiger partial charge >= 0.3 is 6.09 Å². The fourth-order valence-electron chi connectivity index (χ4n) is 6.23. The van der Waals surface area contributed by atoms with E-state index in [4.69, 9.17) is 14.3 Å². The first-order valence-corrected chi connectivity index (χ1v) is 18.8. The summed E-state index contributed by atoms with van der Waals surface area (Å²) in [6, 6.07) is 42.4. The minimum atomic E-state index is -4.14. The first-order chi connectivity index (χ1) is 25.0. The van der Waals surface area contributed by atoms with Crippen LogP contribution in [0.2, 0.25) is 0 Å². The van der Waals surface area contributed by atoms with Gasteiger partial charge in [-0.25, -0.2) is 23.1 Å². The molecule has 0 N–H and O–H groups in total. The van der Waals surface area contributed by atoms with Crippen LogP contribution >= 0.6 is 0 Å². The molecule has 5 aromatic rings. The summed E-state index contributed by atoms with van der Waals surface area (Å²) in [5, 5.41) is 1.23. The molecule has 1 aliphatic rings. The average Bonchev–Trinajstić information content (AvgIpc) is 3.29. The fraction of sp³-hybridized carbons (Fsp3) is 0.238. The van der Waals surface area contributed by atoms with E-state index in [1.165, 1.54) is 22.1 Å². The van der Waals surface area contributed by atoms with Gasteiger partial charge in [0.05, 0.1) is 17.2 Å². The van der Waals surface area contributed by atoms with E-state index >= 15 is 0 Å². The Bertz CT molecular complexity index is 1960. The smallest absolute Gasteiger partial charge is 0.411 e. The number of sulfone groups is 1. The molecule has 0 aromatic heterocycles. The Hall–Kier alpha value is -5.45. The van der Waals surface area contributed by atoms with Gasteiger partial charge in [0.2, 0.25) is 0 Å². The number of carbonyl (C=O) groups is 2. The van der Waals surface area contributed by atoms with Crippen LogP contribution in [0.15, 0.2) is 150 Å². The average molecular weight is 719 g/mol. The summed E-state index contributed by atoms with van der Waals surface area (Å²) >= 11 is 0. The molecular formula is C42H42N2O7S. The topological polar surface area (TPSA) is 102 Å². The van der Waals surface area contributed by atoms with E-state index in [-0.39, 0.29) is 18.0 Å². The van der Waals surface area contributed by atoms with Crippen molar-refractivity contribution < 1.29 is 32.3 Å². The SMILES string of the molecule is CC(C)(C)OC(=O)N1CCCN(OC(c2ccccc2)(c2ccccc2)c2ccccc2)C(=O)[C@@H]1CS(=O)(=O)c1ccc(Oc2ccccc2)cc1. The number of ether oxygens (including phenoxy) is 2. The van der Waals surface area contributed by atoms with Crippen LogP contribution in [0.25, 0.3) is 0 Å². The molecule has 9 nitrogen and oxygen atoms in total. The molecule has 0 aliphatic carbocycles. The van der Waals surface area contributed by atoms with Crippen LogP contribution in [0.1, 0.15) is 43.9 Å². The molecule has 6 rings (SSSR count). The van der Waals surface area contributed by atoms with Gasteiger partial charge < -0.3 is 9.47 Å². The molecule has 0 saturated carbocycles. The molecule has 0 spiro atoms. The molecular weight excluding hydrogens is 677 g/mol. The lowest BCUT2D eigenvalue weighted by molar-refractivity contribution is -0.223. The second-order valence-corrected chi connectivity index (χ2v) is 15.6. The Kier molecular flexibility index (Phi) is 10.8. The predicted molar refractivity (Wildman–Crippen MR) is 198 cm³/mol. The fourth-order valence-corrected chi connectivity index (χ4v) is 7.71. The largest absolute Gasteiger partial charge is 0.457 e. The zero-order valence-electron chi connectivity index (χ0n) is 29.4. The van der Waals surface area contributed by atoms with Gasteiger partial charge in [0, 0.05) is 6.54 Å². The molecule has 1 atom stereocenters. The van der Waals surface area contributed by atoms with E-state index in [1.807, 2.05) is 109 Å². The molecule has 2 amide bonds. The van der Waals surface area contributed by atoms with Gasteiger partial charge in [0.15, 0.2) is 15.4 Å². The Balaban J connectivity index is 1.39. The Labute approximate surface area is 305 Å². The van der Waals surface area contributed by atoms with Gasteiger partial charge in [0.25, 0.3) is 5.91 Å². The number of nitrogens with zero attached hydrogens (tertiary/aromatic N) is 2. The highest BCUT2D eigenvalue weighted by Crippen LogP contribution is 2.42. The minimum absolute atomic E-state index is 0.0197. The van der Waals surface area contributed by atoms with E-state index in [0.29, 0.717) is 17.9 Å². The first kappa shape index (κ1) is 36.3. The molecule has 5 aromatic carbocycles. The number of benzene rings is 5. The Morgan fingerprint density at radius 3 is 1.62 bits per heavy atom. The maximum atomic E-state index is 14.8. The summed E-state index contributed by atoms with van der Waals surface area (Å²) in [5.74, 6) is -0.320.